The van der Waals surface area contributed by atoms with Crippen molar-refractivity contribution >= 4 is 34.8 Å². The van der Waals surface area contributed by atoms with E-state index in [2.05, 4.69) is 15.6 Å². The van der Waals surface area contributed by atoms with Gasteiger partial charge in [-0.25, -0.2) is 0 Å². The smallest absolute Gasteiger partial charge is 0.278 e. The van der Waals surface area contributed by atoms with E-state index in [-0.39, 0.29) is 18.2 Å². The van der Waals surface area contributed by atoms with Gasteiger partial charge in [-0.05, 0) is 57.5 Å². The molecule has 0 unspecified atom stereocenters. The molecule has 0 aliphatic carbocycles. The highest BCUT2D eigenvalue weighted by Crippen LogP contribution is 2.26. The molecule has 0 bridgehead atoms. The molecule has 0 saturated heterocycles. The lowest BCUT2D eigenvalue weighted by Crippen LogP contribution is -2.16. The molecule has 176 valence electrons. The highest BCUT2D eigenvalue weighted by molar-refractivity contribution is 6.42. The number of hydrogen-bond donors (Lipinski definition) is 1. The second-order valence-electron chi connectivity index (χ2n) is 8.07. The van der Waals surface area contributed by atoms with E-state index in [1.165, 1.54) is 0 Å². The van der Waals surface area contributed by atoms with Gasteiger partial charge >= 0.3 is 0 Å². The Labute approximate surface area is 207 Å². The maximum absolute atomic E-state index is 13.1. The Morgan fingerprint density at radius 3 is 2.50 bits per heavy atom. The first kappa shape index (κ1) is 23.9. The number of rotatable bonds is 7. The molecule has 1 amide bonds. The van der Waals surface area contributed by atoms with Crippen LogP contribution in [0.5, 0.6) is 5.75 Å². The molecule has 0 aliphatic heterocycles. The second-order valence-corrected chi connectivity index (χ2v) is 8.89. The molecule has 2 heterocycles. The Bertz CT molecular complexity index is 1340. The number of aromatic nitrogens is 3. The van der Waals surface area contributed by atoms with E-state index in [9.17, 15) is 4.79 Å². The number of ether oxygens (including phenoxy) is 1. The number of benzene rings is 2. The first-order valence-electron chi connectivity index (χ1n) is 10.7. The summed E-state index contributed by atoms with van der Waals surface area (Å²) in [6, 6.07) is 13.1. The Kier molecular flexibility index (Phi) is 6.95. The summed E-state index contributed by atoms with van der Waals surface area (Å²) in [5.41, 5.74) is 4.96. The Morgan fingerprint density at radius 1 is 1.06 bits per heavy atom. The zero-order valence-electron chi connectivity index (χ0n) is 19.3. The highest BCUT2D eigenvalue weighted by Gasteiger charge is 2.23. The molecular formula is C25H24Cl2N4O3. The summed E-state index contributed by atoms with van der Waals surface area (Å²) in [4.78, 5) is 13.1. The van der Waals surface area contributed by atoms with E-state index < -0.39 is 0 Å². The van der Waals surface area contributed by atoms with Gasteiger partial charge in [0.05, 0.1) is 39.2 Å². The quantitative estimate of drug-likeness (QED) is 0.323. The minimum absolute atomic E-state index is 0.162. The Hall–Kier alpha value is -3.29. The average Bonchev–Trinajstić information content (AvgIpc) is 3.30. The zero-order chi connectivity index (χ0) is 24.4. The number of amides is 1. The molecule has 2 aromatic heterocycles. The molecule has 9 heteroatoms. The first-order chi connectivity index (χ1) is 16.2. The van der Waals surface area contributed by atoms with E-state index in [4.69, 9.17) is 32.5 Å². The number of hydrogen-bond acceptors (Lipinski definition) is 5. The molecule has 4 rings (SSSR count). The standard InChI is InChI=1S/C25H24Cl2N4O3/c1-14-5-8-19(9-6-14)33-13-20-17(4)34-30-24(20)25(32)28-23-15(2)29-31(16(23)3)12-18-7-10-21(26)22(27)11-18/h5-11H,12-13H2,1-4H3,(H,28,32). The number of nitrogens with one attached hydrogen (secondary N) is 1. The topological polar surface area (TPSA) is 82.2 Å². The molecular weight excluding hydrogens is 475 g/mol. The summed E-state index contributed by atoms with van der Waals surface area (Å²) in [6.45, 7) is 8.14. The Balaban J connectivity index is 1.51. The van der Waals surface area contributed by atoms with Crippen molar-refractivity contribution in [3.63, 3.8) is 0 Å². The molecule has 2 aromatic carbocycles. The van der Waals surface area contributed by atoms with Gasteiger partial charge in [-0.1, -0.05) is 52.1 Å². The highest BCUT2D eigenvalue weighted by atomic mass is 35.5. The lowest BCUT2D eigenvalue weighted by atomic mass is 10.2. The molecule has 0 atom stereocenters. The Morgan fingerprint density at radius 2 is 1.79 bits per heavy atom. The molecule has 34 heavy (non-hydrogen) atoms. The molecule has 7 nitrogen and oxygen atoms in total. The van der Waals surface area contributed by atoms with Crippen molar-refractivity contribution < 1.29 is 14.1 Å². The van der Waals surface area contributed by atoms with Crippen LogP contribution in [-0.2, 0) is 13.2 Å². The molecule has 0 fully saturated rings. The third-order valence-corrected chi connectivity index (χ3v) is 6.28. The van der Waals surface area contributed by atoms with Crippen molar-refractivity contribution in [2.24, 2.45) is 0 Å². The maximum atomic E-state index is 13.1. The zero-order valence-corrected chi connectivity index (χ0v) is 20.8. The largest absolute Gasteiger partial charge is 0.489 e. The third kappa shape index (κ3) is 5.11. The summed E-state index contributed by atoms with van der Waals surface area (Å²) < 4.78 is 12.9. The summed E-state index contributed by atoms with van der Waals surface area (Å²) in [7, 11) is 0. The van der Waals surface area contributed by atoms with Gasteiger partial charge in [-0.3, -0.25) is 9.48 Å². The van der Waals surface area contributed by atoms with Crippen molar-refractivity contribution in [1.29, 1.82) is 0 Å². The maximum Gasteiger partial charge on any atom is 0.278 e. The predicted octanol–water partition coefficient (Wildman–Crippen LogP) is 6.29. The van der Waals surface area contributed by atoms with Gasteiger partial charge in [0, 0.05) is 0 Å². The summed E-state index contributed by atoms with van der Waals surface area (Å²) in [6.07, 6.45) is 0. The van der Waals surface area contributed by atoms with E-state index in [1.54, 1.807) is 23.7 Å². The van der Waals surface area contributed by atoms with Crippen molar-refractivity contribution in [2.45, 2.75) is 40.8 Å². The number of anilines is 1. The molecule has 0 spiro atoms. The predicted molar refractivity (Wildman–Crippen MR) is 132 cm³/mol. The number of halogens is 2. The SMILES string of the molecule is Cc1ccc(OCc2c(C(=O)Nc3c(C)nn(Cc4ccc(Cl)c(Cl)c4)c3C)noc2C)cc1. The molecule has 1 N–H and O–H groups in total. The van der Waals surface area contributed by atoms with E-state index in [0.717, 1.165) is 16.8 Å². The van der Waals surface area contributed by atoms with Crippen LogP contribution >= 0.6 is 23.2 Å². The van der Waals surface area contributed by atoms with Crippen LogP contribution in [0.1, 0.15) is 44.3 Å². The average molecular weight is 499 g/mol. The van der Waals surface area contributed by atoms with Crippen molar-refractivity contribution in [3.05, 3.63) is 92.0 Å². The van der Waals surface area contributed by atoms with Crippen LogP contribution in [0.15, 0.2) is 47.0 Å². The second kappa shape index (κ2) is 9.91. The van der Waals surface area contributed by atoms with Crippen molar-refractivity contribution in [2.75, 3.05) is 5.32 Å². The van der Waals surface area contributed by atoms with Gasteiger partial charge in [0.2, 0.25) is 0 Å². The minimum atomic E-state index is -0.389. The number of nitrogens with zero attached hydrogens (tertiary/aromatic N) is 3. The lowest BCUT2D eigenvalue weighted by Gasteiger charge is -2.09. The van der Waals surface area contributed by atoms with Crippen LogP contribution in [0.3, 0.4) is 0 Å². The first-order valence-corrected chi connectivity index (χ1v) is 11.4. The van der Waals surface area contributed by atoms with Gasteiger partial charge < -0.3 is 14.6 Å². The van der Waals surface area contributed by atoms with E-state index in [0.29, 0.717) is 45.0 Å². The molecule has 4 aromatic rings. The van der Waals surface area contributed by atoms with Crippen molar-refractivity contribution in [1.82, 2.24) is 14.9 Å². The minimum Gasteiger partial charge on any atom is -0.489 e. The fourth-order valence-electron chi connectivity index (χ4n) is 3.54. The molecule has 0 radical (unpaired) electrons. The van der Waals surface area contributed by atoms with Gasteiger partial charge in [0.25, 0.3) is 5.91 Å². The van der Waals surface area contributed by atoms with Crippen LogP contribution < -0.4 is 10.1 Å². The normalized spacial score (nSPS) is 11.0. The van der Waals surface area contributed by atoms with Crippen molar-refractivity contribution in [3.8, 4) is 5.75 Å². The lowest BCUT2D eigenvalue weighted by molar-refractivity contribution is 0.101. The number of aryl methyl sites for hydroxylation is 3. The third-order valence-electron chi connectivity index (χ3n) is 5.54. The summed E-state index contributed by atoms with van der Waals surface area (Å²) >= 11 is 12.2. The summed E-state index contributed by atoms with van der Waals surface area (Å²) in [5.74, 6) is 0.841. The van der Waals surface area contributed by atoms with E-state index in [1.807, 2.05) is 51.1 Å². The van der Waals surface area contributed by atoms with Crippen LogP contribution in [0, 0.1) is 27.7 Å². The fraction of sp³-hybridized carbons (Fsp3) is 0.240. The van der Waals surface area contributed by atoms with E-state index >= 15 is 0 Å². The monoisotopic (exact) mass is 498 g/mol. The van der Waals surface area contributed by atoms with Gasteiger partial charge in [0.15, 0.2) is 5.69 Å². The van der Waals surface area contributed by atoms with Gasteiger partial charge in [-0.15, -0.1) is 0 Å². The van der Waals surface area contributed by atoms with Crippen LogP contribution in [-0.4, -0.2) is 20.8 Å². The summed E-state index contributed by atoms with van der Waals surface area (Å²) in [5, 5.41) is 12.5. The number of carbonyl (C=O) groups is 1. The molecule has 0 saturated carbocycles. The molecule has 0 aliphatic rings. The number of carbonyl (C=O) groups excluding carboxylic acids is 1. The van der Waals surface area contributed by atoms with Gasteiger partial charge in [0.1, 0.15) is 18.1 Å². The fourth-order valence-corrected chi connectivity index (χ4v) is 3.87. The van der Waals surface area contributed by atoms with Crippen LogP contribution in [0.25, 0.3) is 0 Å². The van der Waals surface area contributed by atoms with Gasteiger partial charge in [-0.2, -0.15) is 5.10 Å². The van der Waals surface area contributed by atoms with Crippen LogP contribution in [0.2, 0.25) is 10.0 Å². The van der Waals surface area contributed by atoms with Crippen LogP contribution in [0.4, 0.5) is 5.69 Å².